The molecule has 0 aromatic heterocycles. The molecule has 1 unspecified atom stereocenters. The van der Waals surface area contributed by atoms with E-state index in [2.05, 4.69) is 15.9 Å². The normalized spacial score (nSPS) is 16.0. The van der Waals surface area contributed by atoms with Crippen LogP contribution in [0, 0.1) is 0 Å². The molecule has 0 spiro atoms. The highest BCUT2D eigenvalue weighted by molar-refractivity contribution is 9.10. The highest BCUT2D eigenvalue weighted by atomic mass is 79.9. The van der Waals surface area contributed by atoms with Crippen molar-refractivity contribution in [2.45, 2.75) is 24.3 Å². The highest BCUT2D eigenvalue weighted by Crippen LogP contribution is 2.34. The number of hydrogen-bond donors (Lipinski definition) is 2. The number of hydrogen-bond acceptors (Lipinski definition) is 6. The summed E-state index contributed by atoms with van der Waals surface area (Å²) in [4.78, 5) is 26.2. The summed E-state index contributed by atoms with van der Waals surface area (Å²) in [6.45, 7) is 1.28. The van der Waals surface area contributed by atoms with Gasteiger partial charge in [0, 0.05) is 16.2 Å². The Hall–Kier alpha value is -2.43. The molecule has 1 heterocycles. The summed E-state index contributed by atoms with van der Waals surface area (Å²) >= 11 is 3.20. The molecule has 10 heteroatoms. The Morgan fingerprint density at radius 1 is 1.29 bits per heavy atom. The number of halogens is 1. The summed E-state index contributed by atoms with van der Waals surface area (Å²) in [6, 6.07) is 8.35. The zero-order chi connectivity index (χ0) is 20.6. The third-order valence-electron chi connectivity index (χ3n) is 4.37. The van der Waals surface area contributed by atoms with E-state index in [9.17, 15) is 23.1 Å². The summed E-state index contributed by atoms with van der Waals surface area (Å²) in [5.74, 6) is -1.54. The quantitative estimate of drug-likeness (QED) is 0.659. The van der Waals surface area contributed by atoms with Crippen LogP contribution in [-0.2, 0) is 26.0 Å². The van der Waals surface area contributed by atoms with E-state index in [4.69, 9.17) is 9.88 Å². The van der Waals surface area contributed by atoms with Crippen molar-refractivity contribution in [1.82, 2.24) is 0 Å². The van der Waals surface area contributed by atoms with Gasteiger partial charge in [0.25, 0.3) is 5.91 Å². The number of sulfonamides is 1. The fourth-order valence-corrected chi connectivity index (χ4v) is 4.04. The van der Waals surface area contributed by atoms with Gasteiger partial charge in [-0.25, -0.2) is 18.4 Å². The molecule has 1 aliphatic heterocycles. The Morgan fingerprint density at radius 3 is 2.68 bits per heavy atom. The fourth-order valence-electron chi connectivity index (χ4n) is 3.11. The number of esters is 1. The van der Waals surface area contributed by atoms with Crippen molar-refractivity contribution in [2.24, 2.45) is 5.14 Å². The van der Waals surface area contributed by atoms with Crippen LogP contribution in [0.3, 0.4) is 0 Å². The van der Waals surface area contributed by atoms with Gasteiger partial charge in [-0.3, -0.25) is 4.79 Å². The molecule has 1 aliphatic rings. The molecule has 2 aromatic carbocycles. The van der Waals surface area contributed by atoms with Crippen molar-refractivity contribution in [3.05, 3.63) is 52.0 Å². The minimum atomic E-state index is -3.84. The van der Waals surface area contributed by atoms with Gasteiger partial charge in [-0.15, -0.1) is 0 Å². The fraction of sp³-hybridized carbons (Fsp3) is 0.222. The van der Waals surface area contributed by atoms with Crippen molar-refractivity contribution < 1.29 is 27.9 Å². The molecule has 3 N–H and O–H groups in total. The van der Waals surface area contributed by atoms with Crippen LogP contribution in [0.1, 0.15) is 22.8 Å². The highest BCUT2D eigenvalue weighted by Gasteiger charge is 2.32. The molecule has 3 rings (SSSR count). The first kappa shape index (κ1) is 20.3. The second-order valence-corrected chi connectivity index (χ2v) is 8.87. The smallest absolute Gasteiger partial charge is 0.342 e. The number of rotatable bonds is 4. The van der Waals surface area contributed by atoms with E-state index in [0.29, 0.717) is 22.1 Å². The molecule has 0 fully saturated rings. The average Bonchev–Trinajstić information content (AvgIpc) is 2.95. The number of carbonyl (C=O) groups excluding carboxylic acids is 2. The van der Waals surface area contributed by atoms with Gasteiger partial charge in [-0.05, 0) is 55.3 Å². The third-order valence-corrected chi connectivity index (χ3v) is 5.77. The summed E-state index contributed by atoms with van der Waals surface area (Å²) in [5, 5.41) is 14.9. The topological polar surface area (TPSA) is 127 Å². The number of fused-ring (bicyclic) bond motifs is 1. The van der Waals surface area contributed by atoms with Crippen LogP contribution in [0.2, 0.25) is 0 Å². The molecule has 0 bridgehead atoms. The van der Waals surface area contributed by atoms with Crippen LogP contribution < -0.4 is 10.0 Å². The Bertz CT molecular complexity index is 1070. The molecule has 0 saturated heterocycles. The lowest BCUT2D eigenvalue weighted by molar-refractivity contribution is -0.122. The summed E-state index contributed by atoms with van der Waals surface area (Å²) in [6.07, 6.45) is 0.449. The monoisotopic (exact) mass is 468 g/mol. The van der Waals surface area contributed by atoms with Crippen molar-refractivity contribution >= 4 is 43.5 Å². The summed E-state index contributed by atoms with van der Waals surface area (Å²) < 4.78 is 28.7. The number of nitrogens with zero attached hydrogens (tertiary/aromatic N) is 1. The molecular formula is C18H17BrN2O6S. The van der Waals surface area contributed by atoms with Gasteiger partial charge >= 0.3 is 5.97 Å². The minimum Gasteiger partial charge on any atom is -0.507 e. The van der Waals surface area contributed by atoms with Crippen LogP contribution in [0.4, 0.5) is 5.69 Å². The zero-order valence-electron chi connectivity index (χ0n) is 14.8. The van der Waals surface area contributed by atoms with Crippen LogP contribution >= 0.6 is 15.9 Å². The van der Waals surface area contributed by atoms with Crippen molar-refractivity contribution in [2.75, 3.05) is 11.5 Å². The SMILES string of the molecule is CC1Cc2cc(S(N)(=O)=O)ccc2N1C(=O)COC(=O)c1cc(Br)ccc1O. The second kappa shape index (κ2) is 7.53. The number of ether oxygens (including phenoxy) is 1. The minimum absolute atomic E-state index is 0.0238. The van der Waals surface area contributed by atoms with E-state index < -0.39 is 28.5 Å². The maximum absolute atomic E-state index is 12.6. The maximum Gasteiger partial charge on any atom is 0.342 e. The van der Waals surface area contributed by atoms with Crippen LogP contribution in [0.15, 0.2) is 45.8 Å². The molecule has 0 radical (unpaired) electrons. The van der Waals surface area contributed by atoms with Crippen molar-refractivity contribution in [1.29, 1.82) is 0 Å². The first-order chi connectivity index (χ1) is 13.1. The molecule has 148 valence electrons. The van der Waals surface area contributed by atoms with Gasteiger partial charge in [0.05, 0.1) is 4.90 Å². The number of amides is 1. The molecule has 1 amide bonds. The zero-order valence-corrected chi connectivity index (χ0v) is 17.2. The van der Waals surface area contributed by atoms with E-state index in [1.54, 1.807) is 13.0 Å². The van der Waals surface area contributed by atoms with Gasteiger partial charge < -0.3 is 14.7 Å². The predicted octanol–water partition coefficient (Wildman–Crippen LogP) is 1.94. The molecule has 8 nitrogen and oxygen atoms in total. The molecular weight excluding hydrogens is 452 g/mol. The lowest BCUT2D eigenvalue weighted by atomic mass is 10.1. The summed E-state index contributed by atoms with van der Waals surface area (Å²) in [7, 11) is -3.84. The Labute approximate surface area is 170 Å². The van der Waals surface area contributed by atoms with E-state index in [0.717, 1.165) is 0 Å². The number of benzene rings is 2. The van der Waals surface area contributed by atoms with E-state index in [1.165, 1.54) is 35.2 Å². The first-order valence-electron chi connectivity index (χ1n) is 8.21. The van der Waals surface area contributed by atoms with Gasteiger partial charge in [-0.2, -0.15) is 0 Å². The van der Waals surface area contributed by atoms with Gasteiger partial charge in [-0.1, -0.05) is 15.9 Å². The average molecular weight is 469 g/mol. The molecule has 2 aromatic rings. The number of aromatic hydroxyl groups is 1. The Kier molecular flexibility index (Phi) is 5.46. The van der Waals surface area contributed by atoms with Crippen molar-refractivity contribution in [3.8, 4) is 5.75 Å². The van der Waals surface area contributed by atoms with Crippen LogP contribution in [0.5, 0.6) is 5.75 Å². The number of anilines is 1. The lowest BCUT2D eigenvalue weighted by Gasteiger charge is -2.22. The maximum atomic E-state index is 12.6. The largest absolute Gasteiger partial charge is 0.507 e. The first-order valence-corrected chi connectivity index (χ1v) is 10.6. The number of carbonyl (C=O) groups is 2. The Balaban J connectivity index is 1.75. The number of primary sulfonamides is 1. The van der Waals surface area contributed by atoms with Gasteiger partial charge in [0.1, 0.15) is 11.3 Å². The number of phenols is 1. The number of nitrogens with two attached hydrogens (primary N) is 1. The predicted molar refractivity (Wildman–Crippen MR) is 105 cm³/mol. The molecule has 28 heavy (non-hydrogen) atoms. The second-order valence-electron chi connectivity index (χ2n) is 6.39. The van der Waals surface area contributed by atoms with Crippen LogP contribution in [-0.4, -0.2) is 38.0 Å². The van der Waals surface area contributed by atoms with Crippen molar-refractivity contribution in [3.63, 3.8) is 0 Å². The third kappa shape index (κ3) is 4.03. The standard InChI is InChI=1S/C18H17BrN2O6S/c1-10-6-11-7-13(28(20,25)26)3-4-15(11)21(10)17(23)9-27-18(24)14-8-12(19)2-5-16(14)22/h2-5,7-8,10,22H,6,9H2,1H3,(H2,20,25,26). The molecule has 0 saturated carbocycles. The molecule has 1 atom stereocenters. The Morgan fingerprint density at radius 2 is 2.00 bits per heavy atom. The molecule has 0 aliphatic carbocycles. The summed E-state index contributed by atoms with van der Waals surface area (Å²) in [5.41, 5.74) is 1.16. The number of phenolic OH excluding ortho intramolecular Hbond substituents is 1. The van der Waals surface area contributed by atoms with Crippen LogP contribution in [0.25, 0.3) is 0 Å². The lowest BCUT2D eigenvalue weighted by Crippen LogP contribution is -2.38. The van der Waals surface area contributed by atoms with E-state index >= 15 is 0 Å². The van der Waals surface area contributed by atoms with Gasteiger partial charge in [0.15, 0.2) is 6.61 Å². The van der Waals surface area contributed by atoms with E-state index in [-0.39, 0.29) is 22.3 Å². The van der Waals surface area contributed by atoms with Gasteiger partial charge in [0.2, 0.25) is 10.0 Å². The van der Waals surface area contributed by atoms with E-state index in [1.807, 2.05) is 0 Å².